The van der Waals surface area contributed by atoms with E-state index in [4.69, 9.17) is 9.84 Å². The molecule has 0 heterocycles. The number of hydrogen-bond donors (Lipinski definition) is 2. The average Bonchev–Trinajstić information content (AvgIpc) is 2.46. The summed E-state index contributed by atoms with van der Waals surface area (Å²) in [5.74, 6) is -0.272. The molecule has 1 aliphatic carbocycles. The van der Waals surface area contributed by atoms with Crippen LogP contribution < -0.4 is 10.1 Å². The molecule has 1 aliphatic rings. The van der Waals surface area contributed by atoms with E-state index in [2.05, 4.69) is 5.32 Å². The van der Waals surface area contributed by atoms with Crippen LogP contribution in [0.1, 0.15) is 42.5 Å². The summed E-state index contributed by atoms with van der Waals surface area (Å²) in [7, 11) is 0. The fourth-order valence-corrected chi connectivity index (χ4v) is 2.45. The zero-order valence-corrected chi connectivity index (χ0v) is 11.3. The van der Waals surface area contributed by atoms with Crippen molar-refractivity contribution >= 4 is 12.1 Å². The SMILES string of the molecule is O=C(NCC1CCCCC1)Oc1cccc(C(=O)O)c1. The van der Waals surface area contributed by atoms with Crippen molar-refractivity contribution in [3.63, 3.8) is 0 Å². The molecule has 0 aromatic heterocycles. The molecule has 0 spiro atoms. The fourth-order valence-electron chi connectivity index (χ4n) is 2.45. The largest absolute Gasteiger partial charge is 0.478 e. The predicted octanol–water partition coefficient (Wildman–Crippen LogP) is 3.05. The number of carbonyl (C=O) groups is 2. The van der Waals surface area contributed by atoms with Crippen molar-refractivity contribution in [2.45, 2.75) is 32.1 Å². The molecule has 0 saturated heterocycles. The van der Waals surface area contributed by atoms with Gasteiger partial charge in [0.05, 0.1) is 5.56 Å². The highest BCUT2D eigenvalue weighted by Gasteiger charge is 2.15. The van der Waals surface area contributed by atoms with Gasteiger partial charge in [-0.05, 0) is 37.0 Å². The van der Waals surface area contributed by atoms with E-state index in [1.54, 1.807) is 12.1 Å². The zero-order chi connectivity index (χ0) is 14.4. The molecular weight excluding hydrogens is 258 g/mol. The van der Waals surface area contributed by atoms with Gasteiger partial charge in [0, 0.05) is 6.54 Å². The standard InChI is InChI=1S/C15H19NO4/c17-14(18)12-7-4-8-13(9-12)20-15(19)16-10-11-5-2-1-3-6-11/h4,7-9,11H,1-3,5-6,10H2,(H,16,19)(H,17,18). The van der Waals surface area contributed by atoms with E-state index in [0.29, 0.717) is 12.5 Å². The second-order valence-electron chi connectivity index (χ2n) is 5.11. The van der Waals surface area contributed by atoms with Gasteiger partial charge in [-0.2, -0.15) is 0 Å². The molecule has 20 heavy (non-hydrogen) atoms. The monoisotopic (exact) mass is 277 g/mol. The van der Waals surface area contributed by atoms with Gasteiger partial charge >= 0.3 is 12.1 Å². The van der Waals surface area contributed by atoms with Crippen molar-refractivity contribution in [1.29, 1.82) is 0 Å². The smallest absolute Gasteiger partial charge is 0.412 e. The maximum atomic E-state index is 11.7. The number of rotatable bonds is 4. The Morgan fingerprint density at radius 3 is 2.70 bits per heavy atom. The van der Waals surface area contributed by atoms with Gasteiger partial charge in [0.25, 0.3) is 0 Å². The lowest BCUT2D eigenvalue weighted by molar-refractivity contribution is 0.0696. The van der Waals surface area contributed by atoms with Crippen LogP contribution >= 0.6 is 0 Å². The highest BCUT2D eigenvalue weighted by Crippen LogP contribution is 2.22. The van der Waals surface area contributed by atoms with Gasteiger partial charge in [-0.15, -0.1) is 0 Å². The fraction of sp³-hybridized carbons (Fsp3) is 0.467. The molecule has 0 radical (unpaired) electrons. The van der Waals surface area contributed by atoms with Crippen molar-refractivity contribution in [2.24, 2.45) is 5.92 Å². The van der Waals surface area contributed by atoms with Crippen molar-refractivity contribution in [2.75, 3.05) is 6.54 Å². The van der Waals surface area contributed by atoms with E-state index >= 15 is 0 Å². The van der Waals surface area contributed by atoms with E-state index in [1.165, 1.54) is 31.4 Å². The lowest BCUT2D eigenvalue weighted by Crippen LogP contribution is -2.32. The number of hydrogen-bond acceptors (Lipinski definition) is 3. The lowest BCUT2D eigenvalue weighted by atomic mass is 9.89. The van der Waals surface area contributed by atoms with Crippen LogP contribution in [0.25, 0.3) is 0 Å². The lowest BCUT2D eigenvalue weighted by Gasteiger charge is -2.21. The molecule has 1 fully saturated rings. The van der Waals surface area contributed by atoms with Crippen LogP contribution in [0, 0.1) is 5.92 Å². The molecule has 2 N–H and O–H groups in total. The summed E-state index contributed by atoms with van der Waals surface area (Å²) in [5, 5.41) is 11.6. The normalized spacial score (nSPS) is 15.6. The number of ether oxygens (including phenoxy) is 1. The van der Waals surface area contributed by atoms with Gasteiger partial charge < -0.3 is 15.2 Å². The minimum Gasteiger partial charge on any atom is -0.478 e. The number of aromatic carboxylic acids is 1. The minimum absolute atomic E-state index is 0.0996. The quantitative estimate of drug-likeness (QED) is 0.886. The van der Waals surface area contributed by atoms with E-state index < -0.39 is 12.1 Å². The molecule has 1 amide bonds. The Labute approximate surface area is 117 Å². The van der Waals surface area contributed by atoms with Crippen LogP contribution in [0.2, 0.25) is 0 Å². The third-order valence-corrected chi connectivity index (χ3v) is 3.55. The Morgan fingerprint density at radius 2 is 2.00 bits per heavy atom. The van der Waals surface area contributed by atoms with E-state index in [0.717, 1.165) is 12.8 Å². The van der Waals surface area contributed by atoms with Crippen LogP contribution in [0.4, 0.5) is 4.79 Å². The number of nitrogens with one attached hydrogen (secondary N) is 1. The number of benzene rings is 1. The van der Waals surface area contributed by atoms with Gasteiger partial charge in [0.2, 0.25) is 0 Å². The van der Waals surface area contributed by atoms with Crippen LogP contribution in [0.5, 0.6) is 5.75 Å². The molecule has 1 saturated carbocycles. The third kappa shape index (κ3) is 4.26. The maximum absolute atomic E-state index is 11.7. The topological polar surface area (TPSA) is 75.6 Å². The zero-order valence-electron chi connectivity index (χ0n) is 11.3. The van der Waals surface area contributed by atoms with Gasteiger partial charge in [-0.1, -0.05) is 25.3 Å². The Bertz CT molecular complexity index is 481. The minimum atomic E-state index is -1.04. The Morgan fingerprint density at radius 1 is 1.25 bits per heavy atom. The number of carbonyl (C=O) groups excluding carboxylic acids is 1. The van der Waals surface area contributed by atoms with Gasteiger partial charge in [-0.3, -0.25) is 0 Å². The second-order valence-corrected chi connectivity index (χ2v) is 5.11. The van der Waals surface area contributed by atoms with Crippen molar-refractivity contribution in [3.8, 4) is 5.75 Å². The molecule has 0 unspecified atom stereocenters. The molecule has 1 aromatic carbocycles. The molecule has 0 atom stereocenters. The van der Waals surface area contributed by atoms with Crippen molar-refractivity contribution in [1.82, 2.24) is 5.32 Å². The molecule has 0 bridgehead atoms. The molecule has 5 heteroatoms. The van der Waals surface area contributed by atoms with Gasteiger partial charge in [0.1, 0.15) is 5.75 Å². The van der Waals surface area contributed by atoms with E-state index in [-0.39, 0.29) is 11.3 Å². The summed E-state index contributed by atoms with van der Waals surface area (Å²) in [6.45, 7) is 0.622. The first kappa shape index (κ1) is 14.4. The Balaban J connectivity index is 1.81. The van der Waals surface area contributed by atoms with Gasteiger partial charge in [0.15, 0.2) is 0 Å². The first-order valence-corrected chi connectivity index (χ1v) is 6.94. The molecule has 0 aliphatic heterocycles. The summed E-state index contributed by atoms with van der Waals surface area (Å²) in [5.41, 5.74) is 0.0996. The van der Waals surface area contributed by atoms with E-state index in [9.17, 15) is 9.59 Å². The Kier molecular flexibility index (Phi) is 4.98. The molecular formula is C15H19NO4. The predicted molar refractivity (Wildman–Crippen MR) is 74.0 cm³/mol. The van der Waals surface area contributed by atoms with Crippen molar-refractivity contribution in [3.05, 3.63) is 29.8 Å². The summed E-state index contributed by atoms with van der Waals surface area (Å²) < 4.78 is 5.08. The summed E-state index contributed by atoms with van der Waals surface area (Å²) in [4.78, 5) is 22.5. The maximum Gasteiger partial charge on any atom is 0.412 e. The molecule has 108 valence electrons. The van der Waals surface area contributed by atoms with Crippen molar-refractivity contribution < 1.29 is 19.4 Å². The third-order valence-electron chi connectivity index (χ3n) is 3.55. The average molecular weight is 277 g/mol. The van der Waals surface area contributed by atoms with Crippen LogP contribution in [0.15, 0.2) is 24.3 Å². The van der Waals surface area contributed by atoms with Gasteiger partial charge in [-0.25, -0.2) is 9.59 Å². The highest BCUT2D eigenvalue weighted by molar-refractivity contribution is 5.88. The first-order valence-electron chi connectivity index (χ1n) is 6.94. The second kappa shape index (κ2) is 6.93. The summed E-state index contributed by atoms with van der Waals surface area (Å²) >= 11 is 0. The first-order chi connectivity index (χ1) is 9.65. The number of amides is 1. The van der Waals surface area contributed by atoms with Crippen LogP contribution in [-0.2, 0) is 0 Å². The summed E-state index contributed by atoms with van der Waals surface area (Å²) in [6.07, 6.45) is 5.49. The molecule has 2 rings (SSSR count). The molecule has 5 nitrogen and oxygen atoms in total. The molecule has 1 aromatic rings. The van der Waals surface area contributed by atoms with Crippen LogP contribution in [0.3, 0.4) is 0 Å². The van der Waals surface area contributed by atoms with E-state index in [1.807, 2.05) is 0 Å². The van der Waals surface area contributed by atoms with Crippen LogP contribution in [-0.4, -0.2) is 23.7 Å². The summed E-state index contributed by atoms with van der Waals surface area (Å²) in [6, 6.07) is 5.90. The number of carboxylic acids is 1. The Hall–Kier alpha value is -2.04. The highest BCUT2D eigenvalue weighted by atomic mass is 16.6. The number of carboxylic acid groups (broad SMARTS) is 1.